The average Bonchev–Trinajstić information content (AvgIpc) is 3.27. The molecule has 2 aromatic rings. The lowest BCUT2D eigenvalue weighted by Gasteiger charge is -2.20. The molecule has 1 aliphatic carbocycles. The Balaban J connectivity index is 1.54. The summed E-state index contributed by atoms with van der Waals surface area (Å²) < 4.78 is 5.18. The minimum atomic E-state index is -0.813. The second-order valence-corrected chi connectivity index (χ2v) is 6.76. The van der Waals surface area contributed by atoms with Gasteiger partial charge in [0.2, 0.25) is 11.7 Å². The summed E-state index contributed by atoms with van der Waals surface area (Å²) in [5.74, 6) is 0.541. The molecule has 0 spiro atoms. The molecule has 1 aromatic carbocycles. The van der Waals surface area contributed by atoms with Gasteiger partial charge in [-0.05, 0) is 37.8 Å². The second kappa shape index (κ2) is 5.31. The van der Waals surface area contributed by atoms with Gasteiger partial charge in [0.25, 0.3) is 5.91 Å². The zero-order valence-corrected chi connectivity index (χ0v) is 13.7. The molecule has 2 aliphatic rings. The minimum Gasteiger partial charge on any atom is -0.337 e. The van der Waals surface area contributed by atoms with Crippen molar-refractivity contribution in [2.24, 2.45) is 5.92 Å². The first-order valence-electron chi connectivity index (χ1n) is 7.70. The lowest BCUT2D eigenvalue weighted by molar-refractivity contribution is -0.132. The summed E-state index contributed by atoms with van der Waals surface area (Å²) in [6.45, 7) is 1.73. The van der Waals surface area contributed by atoms with Crippen molar-refractivity contribution < 1.29 is 14.1 Å². The predicted octanol–water partition coefficient (Wildman–Crippen LogP) is 2.61. The van der Waals surface area contributed by atoms with E-state index >= 15 is 0 Å². The number of nitrogens with one attached hydrogen (secondary N) is 1. The number of carbonyl (C=O) groups is 2. The smallest absolute Gasteiger partial charge is 0.325 e. The van der Waals surface area contributed by atoms with Gasteiger partial charge in [0.05, 0.1) is 0 Å². The molecule has 2 heterocycles. The van der Waals surface area contributed by atoms with E-state index in [4.69, 9.17) is 16.1 Å². The quantitative estimate of drug-likeness (QED) is 0.860. The molecule has 8 heteroatoms. The highest BCUT2D eigenvalue weighted by Gasteiger charge is 2.56. The molecule has 0 bridgehead atoms. The minimum absolute atomic E-state index is 0.0411. The fourth-order valence-electron chi connectivity index (χ4n) is 3.00. The van der Waals surface area contributed by atoms with Crippen molar-refractivity contribution in [1.29, 1.82) is 0 Å². The van der Waals surface area contributed by atoms with E-state index in [1.165, 1.54) is 0 Å². The summed E-state index contributed by atoms with van der Waals surface area (Å²) in [6, 6.07) is 6.63. The van der Waals surface area contributed by atoms with E-state index in [1.807, 2.05) is 0 Å². The van der Waals surface area contributed by atoms with Crippen LogP contribution in [0.25, 0.3) is 11.4 Å². The van der Waals surface area contributed by atoms with Crippen LogP contribution in [-0.4, -0.2) is 32.5 Å². The van der Waals surface area contributed by atoms with Gasteiger partial charge in [0.15, 0.2) is 0 Å². The number of halogens is 1. The Morgan fingerprint density at radius 1 is 1.42 bits per heavy atom. The molecule has 0 unspecified atom stereocenters. The first kappa shape index (κ1) is 15.1. The standard InChI is InChI=1S/C16H15ClN4O3/c1-16(10-5-6-10)14(22)21(15(23)19-16)8-12-18-13(20-24-12)9-3-2-4-11(17)7-9/h2-4,7,10H,5-6,8H2,1H3,(H,19,23)/t16-/m1/s1. The molecule has 24 heavy (non-hydrogen) atoms. The van der Waals surface area contributed by atoms with Gasteiger partial charge in [-0.15, -0.1) is 0 Å². The molecule has 7 nitrogen and oxygen atoms in total. The highest BCUT2D eigenvalue weighted by Crippen LogP contribution is 2.42. The Morgan fingerprint density at radius 2 is 2.21 bits per heavy atom. The lowest BCUT2D eigenvalue weighted by Crippen LogP contribution is -2.46. The van der Waals surface area contributed by atoms with Crippen LogP contribution in [0, 0.1) is 5.92 Å². The summed E-state index contributed by atoms with van der Waals surface area (Å²) in [6.07, 6.45) is 1.91. The number of urea groups is 1. The van der Waals surface area contributed by atoms with E-state index in [2.05, 4.69) is 15.5 Å². The Hall–Kier alpha value is -2.41. The molecule has 4 rings (SSSR count). The maximum Gasteiger partial charge on any atom is 0.325 e. The maximum absolute atomic E-state index is 12.6. The van der Waals surface area contributed by atoms with Crippen LogP contribution in [0.4, 0.5) is 4.79 Å². The molecule has 0 radical (unpaired) electrons. The number of amides is 3. The molecule has 1 N–H and O–H groups in total. The maximum atomic E-state index is 12.6. The molecule has 124 valence electrons. The Bertz CT molecular complexity index is 832. The number of hydrogen-bond donors (Lipinski definition) is 1. The Morgan fingerprint density at radius 3 is 2.92 bits per heavy atom. The lowest BCUT2D eigenvalue weighted by atomic mass is 9.96. The first-order chi connectivity index (χ1) is 11.5. The van der Waals surface area contributed by atoms with Crippen molar-refractivity contribution in [3.63, 3.8) is 0 Å². The third-order valence-electron chi connectivity index (χ3n) is 4.54. The van der Waals surface area contributed by atoms with Crippen LogP contribution in [0.5, 0.6) is 0 Å². The number of aromatic nitrogens is 2. The molecule has 1 aliphatic heterocycles. The fraction of sp³-hybridized carbons (Fsp3) is 0.375. The van der Waals surface area contributed by atoms with Crippen LogP contribution in [-0.2, 0) is 11.3 Å². The fourth-order valence-corrected chi connectivity index (χ4v) is 3.19. The second-order valence-electron chi connectivity index (χ2n) is 6.32. The number of hydrogen-bond acceptors (Lipinski definition) is 5. The van der Waals surface area contributed by atoms with Crippen LogP contribution in [0.3, 0.4) is 0 Å². The first-order valence-corrected chi connectivity index (χ1v) is 8.08. The predicted molar refractivity (Wildman–Crippen MR) is 85.0 cm³/mol. The van der Waals surface area contributed by atoms with E-state index < -0.39 is 11.6 Å². The largest absolute Gasteiger partial charge is 0.337 e. The van der Waals surface area contributed by atoms with E-state index in [1.54, 1.807) is 31.2 Å². The van der Waals surface area contributed by atoms with Gasteiger partial charge in [-0.2, -0.15) is 4.98 Å². The summed E-state index contributed by atoms with van der Waals surface area (Å²) in [5.41, 5.74) is -0.107. The van der Waals surface area contributed by atoms with Crippen LogP contribution in [0.2, 0.25) is 5.02 Å². The highest BCUT2D eigenvalue weighted by atomic mass is 35.5. The topological polar surface area (TPSA) is 88.3 Å². The molecular weight excluding hydrogens is 332 g/mol. The number of carbonyl (C=O) groups excluding carboxylic acids is 2. The van der Waals surface area contributed by atoms with E-state index in [0.29, 0.717) is 16.4 Å². The van der Waals surface area contributed by atoms with Gasteiger partial charge in [0.1, 0.15) is 12.1 Å². The molecule has 1 saturated carbocycles. The average molecular weight is 347 g/mol. The van der Waals surface area contributed by atoms with Crippen molar-refractivity contribution >= 4 is 23.5 Å². The molecule has 2 fully saturated rings. The van der Waals surface area contributed by atoms with Gasteiger partial charge in [0, 0.05) is 10.6 Å². The summed E-state index contributed by atoms with van der Waals surface area (Å²) >= 11 is 5.95. The van der Waals surface area contributed by atoms with Crippen molar-refractivity contribution in [2.45, 2.75) is 31.8 Å². The van der Waals surface area contributed by atoms with Gasteiger partial charge in [-0.1, -0.05) is 28.9 Å². The number of rotatable bonds is 4. The molecule has 3 amide bonds. The zero-order valence-electron chi connectivity index (χ0n) is 13.0. The van der Waals surface area contributed by atoms with Crippen molar-refractivity contribution in [2.75, 3.05) is 0 Å². The SMILES string of the molecule is C[C@]1(C2CC2)NC(=O)N(Cc2nc(-c3cccc(Cl)c3)no2)C1=O. The van der Waals surface area contributed by atoms with Gasteiger partial charge in [-0.3, -0.25) is 9.69 Å². The van der Waals surface area contributed by atoms with Crippen LogP contribution < -0.4 is 5.32 Å². The molecular formula is C16H15ClN4O3. The van der Waals surface area contributed by atoms with Gasteiger partial charge in [-0.25, -0.2) is 4.79 Å². The van der Waals surface area contributed by atoms with Crippen molar-refractivity contribution in [3.05, 3.63) is 35.2 Å². The number of benzene rings is 1. The molecule has 1 aromatic heterocycles. The number of imide groups is 1. The van der Waals surface area contributed by atoms with Crippen molar-refractivity contribution in [3.8, 4) is 11.4 Å². The molecule has 1 saturated heterocycles. The Labute approximate surface area is 143 Å². The Kier molecular flexibility index (Phi) is 3.35. The summed E-state index contributed by atoms with van der Waals surface area (Å²) in [4.78, 5) is 30.1. The van der Waals surface area contributed by atoms with Crippen LogP contribution >= 0.6 is 11.6 Å². The van der Waals surface area contributed by atoms with E-state index in [-0.39, 0.29) is 24.3 Å². The summed E-state index contributed by atoms with van der Waals surface area (Å²) in [7, 11) is 0. The van der Waals surface area contributed by atoms with Crippen molar-refractivity contribution in [1.82, 2.24) is 20.4 Å². The van der Waals surface area contributed by atoms with Gasteiger partial charge < -0.3 is 9.84 Å². The van der Waals surface area contributed by atoms with Crippen LogP contribution in [0.15, 0.2) is 28.8 Å². The highest BCUT2D eigenvalue weighted by molar-refractivity contribution is 6.30. The third kappa shape index (κ3) is 2.45. The molecule has 1 atom stereocenters. The number of nitrogens with zero attached hydrogens (tertiary/aromatic N) is 3. The van der Waals surface area contributed by atoms with E-state index in [0.717, 1.165) is 17.7 Å². The van der Waals surface area contributed by atoms with Gasteiger partial charge >= 0.3 is 6.03 Å². The van der Waals surface area contributed by atoms with Crippen LogP contribution in [0.1, 0.15) is 25.7 Å². The zero-order chi connectivity index (χ0) is 16.9. The third-order valence-corrected chi connectivity index (χ3v) is 4.77. The summed E-state index contributed by atoms with van der Waals surface area (Å²) in [5, 5.41) is 7.24. The van der Waals surface area contributed by atoms with E-state index in [9.17, 15) is 9.59 Å². The normalized spacial score (nSPS) is 23.7. The monoisotopic (exact) mass is 346 g/mol.